The molecule has 1 aromatic rings. The molecule has 1 unspecified atom stereocenters. The first-order valence-electron chi connectivity index (χ1n) is 6.67. The molecule has 0 radical (unpaired) electrons. The summed E-state index contributed by atoms with van der Waals surface area (Å²) < 4.78 is 27.7. The van der Waals surface area contributed by atoms with Gasteiger partial charge in [0.25, 0.3) is 0 Å². The average Bonchev–Trinajstić information content (AvgIpc) is 2.64. The van der Waals surface area contributed by atoms with E-state index in [9.17, 15) is 8.42 Å². The number of halogens is 3. The molecule has 2 rings (SSSR count). The smallest absolute Gasteiger partial charge is 0.246 e. The topological polar surface area (TPSA) is 49.4 Å². The molecule has 21 heavy (non-hydrogen) atoms. The van der Waals surface area contributed by atoms with Crippen LogP contribution in [-0.2, 0) is 10.0 Å². The van der Waals surface area contributed by atoms with E-state index in [0.29, 0.717) is 4.47 Å². The van der Waals surface area contributed by atoms with Crippen molar-refractivity contribution in [1.82, 2.24) is 9.62 Å². The van der Waals surface area contributed by atoms with Gasteiger partial charge in [0, 0.05) is 17.6 Å². The Labute approximate surface area is 144 Å². The van der Waals surface area contributed by atoms with Crippen molar-refractivity contribution in [2.45, 2.75) is 30.2 Å². The van der Waals surface area contributed by atoms with E-state index in [0.717, 1.165) is 32.4 Å². The van der Waals surface area contributed by atoms with Crippen LogP contribution in [0.25, 0.3) is 0 Å². The van der Waals surface area contributed by atoms with Gasteiger partial charge in [-0.05, 0) is 44.5 Å². The fourth-order valence-electron chi connectivity index (χ4n) is 2.48. The molecule has 0 saturated carbocycles. The van der Waals surface area contributed by atoms with Crippen molar-refractivity contribution in [3.63, 3.8) is 0 Å². The summed E-state index contributed by atoms with van der Waals surface area (Å²) in [5, 5.41) is 3.54. The van der Waals surface area contributed by atoms with Crippen molar-refractivity contribution in [2.24, 2.45) is 0 Å². The molecule has 1 aliphatic heterocycles. The molecule has 1 aliphatic rings. The van der Waals surface area contributed by atoms with E-state index in [2.05, 4.69) is 21.2 Å². The van der Waals surface area contributed by atoms with Crippen LogP contribution in [0.1, 0.15) is 19.3 Å². The molecule has 0 spiro atoms. The van der Waals surface area contributed by atoms with Crippen LogP contribution in [0.2, 0.25) is 10.0 Å². The summed E-state index contributed by atoms with van der Waals surface area (Å²) in [6.45, 7) is 1.73. The predicted molar refractivity (Wildman–Crippen MR) is 89.6 cm³/mol. The van der Waals surface area contributed by atoms with Gasteiger partial charge in [0.2, 0.25) is 10.0 Å². The van der Waals surface area contributed by atoms with Gasteiger partial charge in [-0.2, -0.15) is 4.31 Å². The molecule has 1 aromatic carbocycles. The molecular weight excluding hydrogens is 399 g/mol. The fraction of sp³-hybridized carbons (Fsp3) is 0.538. The maximum atomic E-state index is 12.8. The van der Waals surface area contributed by atoms with Gasteiger partial charge in [-0.1, -0.05) is 39.1 Å². The van der Waals surface area contributed by atoms with Crippen LogP contribution in [0.4, 0.5) is 0 Å². The summed E-state index contributed by atoms with van der Waals surface area (Å²) in [4.78, 5) is -0.0197. The first-order valence-corrected chi connectivity index (χ1v) is 9.66. The Morgan fingerprint density at radius 2 is 1.86 bits per heavy atom. The molecule has 1 saturated heterocycles. The molecule has 8 heteroatoms. The summed E-state index contributed by atoms with van der Waals surface area (Å²) in [6.07, 6.45) is 2.56. The molecular formula is C13H17BrCl2N2O2S. The Balaban J connectivity index is 2.37. The molecule has 0 aromatic heterocycles. The van der Waals surface area contributed by atoms with Crippen molar-refractivity contribution in [2.75, 3.05) is 20.1 Å². The summed E-state index contributed by atoms with van der Waals surface area (Å²) in [7, 11) is -2.11. The summed E-state index contributed by atoms with van der Waals surface area (Å²) in [5.41, 5.74) is 0. The van der Waals surface area contributed by atoms with E-state index < -0.39 is 10.0 Å². The van der Waals surface area contributed by atoms with Gasteiger partial charge < -0.3 is 5.32 Å². The Kier molecular flexibility index (Phi) is 5.96. The minimum absolute atomic E-state index is 0.0197. The highest BCUT2D eigenvalue weighted by atomic mass is 79.9. The SMILES string of the molecule is CN(C1CCCNCC1)S(=O)(=O)c1c(Cl)cc(Br)cc1Cl. The molecule has 4 nitrogen and oxygen atoms in total. The quantitative estimate of drug-likeness (QED) is 0.821. The molecule has 118 valence electrons. The third-order valence-corrected chi connectivity index (χ3v) is 6.95. The van der Waals surface area contributed by atoms with Crippen molar-refractivity contribution in [3.05, 3.63) is 26.7 Å². The molecule has 0 aliphatic carbocycles. The van der Waals surface area contributed by atoms with Gasteiger partial charge in [-0.15, -0.1) is 0 Å². The lowest BCUT2D eigenvalue weighted by atomic mass is 10.1. The Hall–Kier alpha value is 0.150. The molecule has 0 bridgehead atoms. The monoisotopic (exact) mass is 414 g/mol. The number of hydrogen-bond acceptors (Lipinski definition) is 3. The van der Waals surface area contributed by atoms with Crippen molar-refractivity contribution in [3.8, 4) is 0 Å². The average molecular weight is 416 g/mol. The first-order chi connectivity index (χ1) is 9.84. The zero-order chi connectivity index (χ0) is 15.6. The van der Waals surface area contributed by atoms with Crippen LogP contribution in [-0.4, -0.2) is 38.9 Å². The number of rotatable bonds is 3. The molecule has 1 fully saturated rings. The van der Waals surface area contributed by atoms with Gasteiger partial charge in [-0.3, -0.25) is 0 Å². The standard InChI is InChI=1S/C13H17BrCl2N2O2S/c1-18(10-3-2-5-17-6-4-10)21(19,20)13-11(15)7-9(14)8-12(13)16/h7-8,10,17H,2-6H2,1H3. The Bertz CT molecular complexity index is 594. The van der Waals surface area contributed by atoms with Crippen LogP contribution >= 0.6 is 39.1 Å². The van der Waals surface area contributed by atoms with Crippen molar-refractivity contribution < 1.29 is 8.42 Å². The maximum absolute atomic E-state index is 12.8. The second kappa shape index (κ2) is 7.15. The molecule has 1 atom stereocenters. The summed E-state index contributed by atoms with van der Waals surface area (Å²) >= 11 is 15.5. The Morgan fingerprint density at radius 3 is 2.48 bits per heavy atom. The van der Waals surface area contributed by atoms with E-state index in [1.165, 1.54) is 4.31 Å². The number of nitrogens with one attached hydrogen (secondary N) is 1. The van der Waals surface area contributed by atoms with Crippen molar-refractivity contribution >= 4 is 49.2 Å². The number of benzene rings is 1. The van der Waals surface area contributed by atoms with E-state index in [1.54, 1.807) is 19.2 Å². The third kappa shape index (κ3) is 3.92. The van der Waals surface area contributed by atoms with E-state index in [-0.39, 0.29) is 21.0 Å². The zero-order valence-electron chi connectivity index (χ0n) is 11.6. The second-order valence-electron chi connectivity index (χ2n) is 5.05. The minimum atomic E-state index is -3.71. The largest absolute Gasteiger partial charge is 0.317 e. The van der Waals surface area contributed by atoms with Gasteiger partial charge in [0.1, 0.15) is 4.90 Å². The first kappa shape index (κ1) is 17.5. The summed E-state index contributed by atoms with van der Waals surface area (Å²) in [5.74, 6) is 0. The highest BCUT2D eigenvalue weighted by Crippen LogP contribution is 2.35. The van der Waals surface area contributed by atoms with Crippen LogP contribution in [0, 0.1) is 0 Å². The van der Waals surface area contributed by atoms with Gasteiger partial charge in [0.15, 0.2) is 0 Å². The minimum Gasteiger partial charge on any atom is -0.317 e. The lowest BCUT2D eigenvalue weighted by Gasteiger charge is -2.27. The Morgan fingerprint density at radius 1 is 1.24 bits per heavy atom. The second-order valence-corrected chi connectivity index (χ2v) is 8.72. The highest BCUT2D eigenvalue weighted by molar-refractivity contribution is 9.10. The predicted octanol–water partition coefficient (Wildman–Crippen LogP) is 3.52. The molecule has 1 N–H and O–H groups in total. The van der Waals surface area contributed by atoms with E-state index >= 15 is 0 Å². The van der Waals surface area contributed by atoms with Crippen LogP contribution in [0.5, 0.6) is 0 Å². The lowest BCUT2D eigenvalue weighted by molar-refractivity contribution is 0.341. The van der Waals surface area contributed by atoms with Crippen LogP contribution in [0.15, 0.2) is 21.5 Å². The summed E-state index contributed by atoms with van der Waals surface area (Å²) in [6, 6.07) is 3.05. The number of sulfonamides is 1. The van der Waals surface area contributed by atoms with Gasteiger partial charge in [-0.25, -0.2) is 8.42 Å². The van der Waals surface area contributed by atoms with Gasteiger partial charge in [0.05, 0.1) is 10.0 Å². The highest BCUT2D eigenvalue weighted by Gasteiger charge is 2.32. The van der Waals surface area contributed by atoms with Crippen LogP contribution in [0.3, 0.4) is 0 Å². The normalized spacial score (nSPS) is 20.5. The zero-order valence-corrected chi connectivity index (χ0v) is 15.5. The molecule has 1 heterocycles. The third-order valence-electron chi connectivity index (χ3n) is 3.66. The maximum Gasteiger partial charge on any atom is 0.246 e. The van der Waals surface area contributed by atoms with Crippen LogP contribution < -0.4 is 5.32 Å². The molecule has 0 amide bonds. The lowest BCUT2D eigenvalue weighted by Crippen LogP contribution is -2.37. The van der Waals surface area contributed by atoms with Crippen molar-refractivity contribution in [1.29, 1.82) is 0 Å². The van der Waals surface area contributed by atoms with E-state index in [4.69, 9.17) is 23.2 Å². The number of hydrogen-bond donors (Lipinski definition) is 1. The number of nitrogens with zero attached hydrogens (tertiary/aromatic N) is 1. The van der Waals surface area contributed by atoms with Gasteiger partial charge >= 0.3 is 0 Å². The fourth-order valence-corrected chi connectivity index (χ4v) is 5.78. The van der Waals surface area contributed by atoms with E-state index in [1.807, 2.05) is 0 Å².